The molecule has 0 unspecified atom stereocenters. The molecule has 1 heterocycles. The van der Waals surface area contributed by atoms with Gasteiger partial charge in [-0.2, -0.15) is 0 Å². The lowest BCUT2D eigenvalue weighted by Crippen LogP contribution is -2.51. The number of likely N-dealkylation sites (tertiary alicyclic amines) is 1. The Labute approximate surface area is 152 Å². The Hall–Kier alpha value is -2.57. The first-order valence-corrected chi connectivity index (χ1v) is 9.05. The van der Waals surface area contributed by atoms with Crippen LogP contribution < -0.4 is 5.32 Å². The number of carbonyl (C=O) groups excluding carboxylic acids is 2. The van der Waals surface area contributed by atoms with E-state index in [1.807, 2.05) is 30.3 Å². The molecule has 2 aliphatic rings. The summed E-state index contributed by atoms with van der Waals surface area (Å²) in [5.41, 5.74) is 0.872. The van der Waals surface area contributed by atoms with Crippen LogP contribution >= 0.6 is 0 Å². The Morgan fingerprint density at radius 3 is 2.58 bits per heavy atom. The number of carbonyl (C=O) groups is 3. The molecular formula is C19H24N2O5. The lowest BCUT2D eigenvalue weighted by Gasteiger charge is -2.25. The number of ether oxygens (including phenoxy) is 1. The van der Waals surface area contributed by atoms with Gasteiger partial charge in [0.15, 0.2) is 0 Å². The minimum atomic E-state index is -1.03. The van der Waals surface area contributed by atoms with Gasteiger partial charge in [0.2, 0.25) is 5.91 Å². The zero-order chi connectivity index (χ0) is 18.5. The third-order valence-electron chi connectivity index (χ3n) is 4.88. The Morgan fingerprint density at radius 1 is 1.19 bits per heavy atom. The lowest BCUT2D eigenvalue weighted by molar-refractivity contribution is -0.142. The number of hydrogen-bond donors (Lipinski definition) is 2. The van der Waals surface area contributed by atoms with Crippen molar-refractivity contribution >= 4 is 18.0 Å². The maximum atomic E-state index is 12.5. The molecule has 1 saturated heterocycles. The van der Waals surface area contributed by atoms with Crippen molar-refractivity contribution in [2.75, 3.05) is 6.54 Å². The summed E-state index contributed by atoms with van der Waals surface area (Å²) in [5.74, 6) is -1.06. The lowest BCUT2D eigenvalue weighted by atomic mass is 10.1. The number of aliphatic carboxylic acids is 1. The van der Waals surface area contributed by atoms with Crippen LogP contribution in [0.4, 0.5) is 4.79 Å². The molecule has 1 aromatic rings. The molecule has 1 aliphatic heterocycles. The number of hydrogen-bond acceptors (Lipinski definition) is 4. The van der Waals surface area contributed by atoms with Crippen LogP contribution in [0, 0.1) is 5.92 Å². The predicted molar refractivity (Wildman–Crippen MR) is 93.3 cm³/mol. The molecule has 2 fully saturated rings. The number of amides is 2. The maximum absolute atomic E-state index is 12.5. The van der Waals surface area contributed by atoms with Gasteiger partial charge in [0.05, 0.1) is 0 Å². The van der Waals surface area contributed by atoms with E-state index >= 15 is 0 Å². The van der Waals surface area contributed by atoms with Gasteiger partial charge in [0, 0.05) is 6.54 Å². The van der Waals surface area contributed by atoms with Crippen molar-refractivity contribution in [1.82, 2.24) is 10.2 Å². The average molecular weight is 360 g/mol. The van der Waals surface area contributed by atoms with Crippen molar-refractivity contribution in [1.29, 1.82) is 0 Å². The van der Waals surface area contributed by atoms with E-state index in [-0.39, 0.29) is 6.61 Å². The number of nitrogens with one attached hydrogen (secondary N) is 1. The summed E-state index contributed by atoms with van der Waals surface area (Å²) in [6.45, 7) is 0.579. The second-order valence-electron chi connectivity index (χ2n) is 6.97. The van der Waals surface area contributed by atoms with E-state index in [9.17, 15) is 19.5 Å². The minimum absolute atomic E-state index is 0.143. The molecule has 7 nitrogen and oxygen atoms in total. The second kappa shape index (κ2) is 8.21. The molecule has 26 heavy (non-hydrogen) atoms. The molecule has 0 spiro atoms. The minimum Gasteiger partial charge on any atom is -0.480 e. The van der Waals surface area contributed by atoms with Crippen molar-refractivity contribution in [3.63, 3.8) is 0 Å². The van der Waals surface area contributed by atoms with Gasteiger partial charge in [-0.25, -0.2) is 9.59 Å². The molecular weight excluding hydrogens is 336 g/mol. The molecule has 7 heteroatoms. The largest absolute Gasteiger partial charge is 0.480 e. The van der Waals surface area contributed by atoms with E-state index in [2.05, 4.69) is 5.32 Å². The highest BCUT2D eigenvalue weighted by Gasteiger charge is 2.38. The topological polar surface area (TPSA) is 95.9 Å². The van der Waals surface area contributed by atoms with Crippen LogP contribution in [0.15, 0.2) is 30.3 Å². The van der Waals surface area contributed by atoms with Gasteiger partial charge in [0.25, 0.3) is 0 Å². The van der Waals surface area contributed by atoms with Crippen LogP contribution in [-0.4, -0.2) is 46.6 Å². The SMILES string of the molecule is O=C(O)[C@H](CC1CC1)NC(=O)[C@H]1CCCN1C(=O)OCc1ccccc1. The predicted octanol–water partition coefficient (Wildman–Crippen LogP) is 2.16. The van der Waals surface area contributed by atoms with Gasteiger partial charge < -0.3 is 15.2 Å². The zero-order valence-electron chi connectivity index (χ0n) is 14.6. The summed E-state index contributed by atoms with van der Waals surface area (Å²) in [5, 5.41) is 11.9. The normalized spacial score (nSPS) is 20.5. The van der Waals surface area contributed by atoms with Gasteiger partial charge in [-0.3, -0.25) is 9.69 Å². The summed E-state index contributed by atoms with van der Waals surface area (Å²) >= 11 is 0. The molecule has 1 saturated carbocycles. The van der Waals surface area contributed by atoms with Gasteiger partial charge in [-0.05, 0) is 30.7 Å². The van der Waals surface area contributed by atoms with Gasteiger partial charge in [-0.15, -0.1) is 0 Å². The van der Waals surface area contributed by atoms with Crippen LogP contribution in [0.25, 0.3) is 0 Å². The summed E-state index contributed by atoms with van der Waals surface area (Å²) in [7, 11) is 0. The monoisotopic (exact) mass is 360 g/mol. The molecule has 0 bridgehead atoms. The molecule has 140 valence electrons. The number of carboxylic acid groups (broad SMARTS) is 1. The van der Waals surface area contributed by atoms with Crippen LogP contribution in [0.5, 0.6) is 0 Å². The number of rotatable bonds is 7. The first-order valence-electron chi connectivity index (χ1n) is 9.05. The third kappa shape index (κ3) is 4.74. The fourth-order valence-electron chi connectivity index (χ4n) is 3.24. The highest BCUT2D eigenvalue weighted by Crippen LogP contribution is 2.33. The van der Waals surface area contributed by atoms with Crippen molar-refractivity contribution < 1.29 is 24.2 Å². The molecule has 1 aliphatic carbocycles. The third-order valence-corrected chi connectivity index (χ3v) is 4.88. The second-order valence-corrected chi connectivity index (χ2v) is 6.97. The molecule has 1 aromatic carbocycles. The summed E-state index contributed by atoms with van der Waals surface area (Å²) < 4.78 is 5.31. The quantitative estimate of drug-likeness (QED) is 0.777. The molecule has 2 atom stereocenters. The molecule has 2 amide bonds. The summed E-state index contributed by atoms with van der Waals surface area (Å²) in [6.07, 6.45) is 3.15. The van der Waals surface area contributed by atoms with Crippen molar-refractivity contribution in [3.05, 3.63) is 35.9 Å². The van der Waals surface area contributed by atoms with E-state index in [0.29, 0.717) is 31.7 Å². The Bertz CT molecular complexity index is 659. The van der Waals surface area contributed by atoms with E-state index in [0.717, 1.165) is 18.4 Å². The number of carboxylic acids is 1. The molecule has 0 radical (unpaired) electrons. The fourth-order valence-corrected chi connectivity index (χ4v) is 3.24. The van der Waals surface area contributed by atoms with E-state index in [1.54, 1.807) is 0 Å². The van der Waals surface area contributed by atoms with Crippen LogP contribution in [0.3, 0.4) is 0 Å². The Kier molecular flexibility index (Phi) is 5.75. The fraction of sp³-hybridized carbons (Fsp3) is 0.526. The van der Waals surface area contributed by atoms with Crippen molar-refractivity contribution in [3.8, 4) is 0 Å². The first kappa shape index (κ1) is 18.2. The smallest absolute Gasteiger partial charge is 0.410 e. The number of benzene rings is 1. The summed E-state index contributed by atoms with van der Waals surface area (Å²) in [6, 6.07) is 7.76. The van der Waals surface area contributed by atoms with Crippen molar-refractivity contribution in [2.24, 2.45) is 5.92 Å². The van der Waals surface area contributed by atoms with Gasteiger partial charge in [-0.1, -0.05) is 43.2 Å². The molecule has 2 N–H and O–H groups in total. The Balaban J connectivity index is 1.54. The standard InChI is InChI=1S/C19H24N2O5/c22-17(20-15(18(23)24)11-13-8-9-13)16-7-4-10-21(16)19(25)26-12-14-5-2-1-3-6-14/h1-3,5-6,13,15-16H,4,7-12H2,(H,20,22)(H,23,24)/t15-,16+/m0/s1. The van der Waals surface area contributed by atoms with Crippen LogP contribution in [0.1, 0.15) is 37.7 Å². The summed E-state index contributed by atoms with van der Waals surface area (Å²) in [4.78, 5) is 37.6. The maximum Gasteiger partial charge on any atom is 0.410 e. The van der Waals surface area contributed by atoms with Crippen LogP contribution in [-0.2, 0) is 20.9 Å². The average Bonchev–Trinajstić information content (AvgIpc) is 3.31. The Morgan fingerprint density at radius 2 is 1.92 bits per heavy atom. The highest BCUT2D eigenvalue weighted by molar-refractivity contribution is 5.89. The van der Waals surface area contributed by atoms with Crippen molar-refractivity contribution in [2.45, 2.75) is 50.8 Å². The van der Waals surface area contributed by atoms with E-state index in [1.165, 1.54) is 4.90 Å². The van der Waals surface area contributed by atoms with Gasteiger partial charge >= 0.3 is 12.1 Å². The van der Waals surface area contributed by atoms with Gasteiger partial charge in [0.1, 0.15) is 18.7 Å². The number of nitrogens with zero attached hydrogens (tertiary/aromatic N) is 1. The molecule has 3 rings (SSSR count). The highest BCUT2D eigenvalue weighted by atomic mass is 16.6. The first-order chi connectivity index (χ1) is 12.5. The van der Waals surface area contributed by atoms with Crippen LogP contribution in [0.2, 0.25) is 0 Å². The van der Waals surface area contributed by atoms with E-state index in [4.69, 9.17) is 4.74 Å². The van der Waals surface area contributed by atoms with E-state index < -0.39 is 30.1 Å². The zero-order valence-corrected chi connectivity index (χ0v) is 14.6. The molecule has 0 aromatic heterocycles.